The molecule has 3 nitrogen and oxygen atoms in total. The molecule has 0 saturated carbocycles. The van der Waals surface area contributed by atoms with Crippen molar-refractivity contribution >= 4 is 11.6 Å². The molecule has 1 amide bonds. The number of anilines is 1. The SMILES string of the molecule is C=CC(=O)N(N)c1cccc(C)c1. The zero-order chi connectivity index (χ0) is 9.84. The summed E-state index contributed by atoms with van der Waals surface area (Å²) >= 11 is 0. The van der Waals surface area contributed by atoms with Gasteiger partial charge in [0.2, 0.25) is 0 Å². The van der Waals surface area contributed by atoms with E-state index in [0.717, 1.165) is 10.6 Å². The zero-order valence-corrected chi connectivity index (χ0v) is 7.53. The Balaban J connectivity index is 2.94. The third-order valence-corrected chi connectivity index (χ3v) is 1.69. The van der Waals surface area contributed by atoms with E-state index < -0.39 is 0 Å². The van der Waals surface area contributed by atoms with Crippen LogP contribution in [0.25, 0.3) is 0 Å². The van der Waals surface area contributed by atoms with E-state index in [9.17, 15) is 4.79 Å². The second-order valence-electron chi connectivity index (χ2n) is 2.75. The molecule has 0 aliphatic heterocycles. The summed E-state index contributed by atoms with van der Waals surface area (Å²) in [6, 6.07) is 7.40. The molecule has 0 aliphatic rings. The minimum absolute atomic E-state index is 0.314. The highest BCUT2D eigenvalue weighted by atomic mass is 16.2. The molecule has 3 heteroatoms. The fourth-order valence-electron chi connectivity index (χ4n) is 1.00. The number of hydrazine groups is 1. The van der Waals surface area contributed by atoms with Gasteiger partial charge in [-0.1, -0.05) is 18.7 Å². The normalized spacial score (nSPS) is 9.38. The first-order valence-electron chi connectivity index (χ1n) is 3.93. The first-order valence-corrected chi connectivity index (χ1v) is 3.93. The van der Waals surface area contributed by atoms with E-state index >= 15 is 0 Å². The van der Waals surface area contributed by atoms with Crippen molar-refractivity contribution in [1.82, 2.24) is 0 Å². The van der Waals surface area contributed by atoms with Gasteiger partial charge in [0.25, 0.3) is 5.91 Å². The van der Waals surface area contributed by atoms with Crippen molar-refractivity contribution in [2.45, 2.75) is 6.92 Å². The third kappa shape index (κ3) is 2.16. The fourth-order valence-corrected chi connectivity index (χ4v) is 1.00. The molecule has 0 unspecified atom stereocenters. The van der Waals surface area contributed by atoms with E-state index in [1.54, 1.807) is 6.07 Å². The van der Waals surface area contributed by atoms with Gasteiger partial charge >= 0.3 is 0 Å². The van der Waals surface area contributed by atoms with Gasteiger partial charge in [0.1, 0.15) is 0 Å². The van der Waals surface area contributed by atoms with Gasteiger partial charge in [0, 0.05) is 0 Å². The van der Waals surface area contributed by atoms with Crippen LogP contribution < -0.4 is 10.9 Å². The zero-order valence-electron chi connectivity index (χ0n) is 7.53. The van der Waals surface area contributed by atoms with Crippen molar-refractivity contribution in [3.05, 3.63) is 42.5 Å². The maximum absolute atomic E-state index is 11.1. The molecule has 68 valence electrons. The van der Waals surface area contributed by atoms with Gasteiger partial charge in [-0.25, -0.2) is 10.9 Å². The molecule has 0 fully saturated rings. The van der Waals surface area contributed by atoms with Gasteiger partial charge < -0.3 is 0 Å². The van der Waals surface area contributed by atoms with Crippen LogP contribution in [-0.4, -0.2) is 5.91 Å². The summed E-state index contributed by atoms with van der Waals surface area (Å²) in [6.07, 6.45) is 1.18. The number of nitrogens with two attached hydrogens (primary N) is 1. The molecule has 0 bridgehead atoms. The first-order chi connectivity index (χ1) is 6.15. The molecule has 0 aromatic heterocycles. The Labute approximate surface area is 77.4 Å². The Hall–Kier alpha value is -1.61. The number of nitrogens with zero attached hydrogens (tertiary/aromatic N) is 1. The predicted molar refractivity (Wildman–Crippen MR) is 53.0 cm³/mol. The van der Waals surface area contributed by atoms with Crippen molar-refractivity contribution in [3.8, 4) is 0 Å². The number of aryl methyl sites for hydroxylation is 1. The van der Waals surface area contributed by atoms with Gasteiger partial charge in [0.05, 0.1) is 5.69 Å². The van der Waals surface area contributed by atoms with Crippen molar-refractivity contribution in [2.24, 2.45) is 5.84 Å². The molecule has 1 rings (SSSR count). The molecule has 1 aromatic rings. The Bertz CT molecular complexity index is 333. The summed E-state index contributed by atoms with van der Waals surface area (Å²) < 4.78 is 0. The van der Waals surface area contributed by atoms with Crippen LogP contribution in [0.4, 0.5) is 5.69 Å². The number of amides is 1. The molecular formula is C10H12N2O. The molecule has 0 saturated heterocycles. The van der Waals surface area contributed by atoms with Crippen molar-refractivity contribution < 1.29 is 4.79 Å². The Morgan fingerprint density at radius 2 is 2.31 bits per heavy atom. The number of hydrogen-bond acceptors (Lipinski definition) is 2. The van der Waals surface area contributed by atoms with E-state index in [1.807, 2.05) is 25.1 Å². The largest absolute Gasteiger partial charge is 0.268 e. The molecule has 13 heavy (non-hydrogen) atoms. The lowest BCUT2D eigenvalue weighted by molar-refractivity contribution is -0.114. The highest BCUT2D eigenvalue weighted by Crippen LogP contribution is 2.12. The monoisotopic (exact) mass is 176 g/mol. The molecular weight excluding hydrogens is 164 g/mol. The average molecular weight is 176 g/mol. The summed E-state index contributed by atoms with van der Waals surface area (Å²) in [6.45, 7) is 5.30. The second kappa shape index (κ2) is 3.87. The smallest absolute Gasteiger partial charge is 0.264 e. The molecule has 0 radical (unpaired) electrons. The summed E-state index contributed by atoms with van der Waals surface area (Å²) in [5, 5.41) is 1.07. The third-order valence-electron chi connectivity index (χ3n) is 1.69. The molecule has 0 atom stereocenters. The van der Waals surface area contributed by atoms with Crippen LogP contribution >= 0.6 is 0 Å². The summed E-state index contributed by atoms with van der Waals surface area (Å²) in [4.78, 5) is 11.1. The maximum Gasteiger partial charge on any atom is 0.264 e. The van der Waals surface area contributed by atoms with Gasteiger partial charge in [-0.2, -0.15) is 0 Å². The van der Waals surface area contributed by atoms with Crippen molar-refractivity contribution in [2.75, 3.05) is 5.01 Å². The van der Waals surface area contributed by atoms with E-state index in [-0.39, 0.29) is 5.91 Å². The van der Waals surface area contributed by atoms with Crippen LogP contribution in [0.2, 0.25) is 0 Å². The van der Waals surface area contributed by atoms with E-state index in [4.69, 9.17) is 5.84 Å². The number of carbonyl (C=O) groups excluding carboxylic acids is 1. The van der Waals surface area contributed by atoms with Crippen molar-refractivity contribution in [3.63, 3.8) is 0 Å². The lowest BCUT2D eigenvalue weighted by Gasteiger charge is -2.14. The summed E-state index contributed by atoms with van der Waals surface area (Å²) in [5.74, 6) is 5.22. The molecule has 1 aromatic carbocycles. The van der Waals surface area contributed by atoms with E-state index in [2.05, 4.69) is 6.58 Å². The highest BCUT2D eigenvalue weighted by Gasteiger charge is 2.06. The van der Waals surface area contributed by atoms with Gasteiger partial charge in [-0.05, 0) is 30.7 Å². The van der Waals surface area contributed by atoms with Gasteiger partial charge in [-0.3, -0.25) is 4.79 Å². The van der Waals surface area contributed by atoms with Gasteiger partial charge in [0.15, 0.2) is 0 Å². The molecule has 2 N–H and O–H groups in total. The van der Waals surface area contributed by atoms with Crippen molar-refractivity contribution in [1.29, 1.82) is 0 Å². The molecule has 0 heterocycles. The van der Waals surface area contributed by atoms with E-state index in [0.29, 0.717) is 5.69 Å². The van der Waals surface area contributed by atoms with Crippen LogP contribution in [-0.2, 0) is 4.79 Å². The predicted octanol–water partition coefficient (Wildman–Crippen LogP) is 1.39. The number of hydrogen-bond donors (Lipinski definition) is 1. The number of carbonyl (C=O) groups is 1. The van der Waals surface area contributed by atoms with Gasteiger partial charge in [-0.15, -0.1) is 0 Å². The second-order valence-corrected chi connectivity index (χ2v) is 2.75. The van der Waals surface area contributed by atoms with Crippen LogP contribution in [0, 0.1) is 6.92 Å². The molecule has 0 spiro atoms. The fraction of sp³-hybridized carbons (Fsp3) is 0.100. The van der Waals surface area contributed by atoms with Crippen LogP contribution in [0.15, 0.2) is 36.9 Å². The Morgan fingerprint density at radius 3 is 2.85 bits per heavy atom. The Morgan fingerprint density at radius 1 is 1.62 bits per heavy atom. The average Bonchev–Trinajstić information content (AvgIpc) is 2.15. The summed E-state index contributed by atoms with van der Waals surface area (Å²) in [7, 11) is 0. The highest BCUT2D eigenvalue weighted by molar-refractivity contribution is 6.00. The lowest BCUT2D eigenvalue weighted by Crippen LogP contribution is -2.35. The standard InChI is InChI=1S/C10H12N2O/c1-3-10(13)12(11)9-6-4-5-8(2)7-9/h3-7H,1,11H2,2H3. The minimum atomic E-state index is -0.314. The molecule has 0 aliphatic carbocycles. The van der Waals surface area contributed by atoms with Crippen LogP contribution in [0.1, 0.15) is 5.56 Å². The quantitative estimate of drug-likeness (QED) is 0.320. The maximum atomic E-state index is 11.1. The number of rotatable bonds is 2. The first kappa shape index (κ1) is 9.48. The van der Waals surface area contributed by atoms with E-state index in [1.165, 1.54) is 6.08 Å². The number of benzene rings is 1. The lowest BCUT2D eigenvalue weighted by atomic mass is 10.2. The Kier molecular flexibility index (Phi) is 2.82. The van der Waals surface area contributed by atoms with Crippen LogP contribution in [0.5, 0.6) is 0 Å². The summed E-state index contributed by atoms with van der Waals surface area (Å²) in [5.41, 5.74) is 1.73. The topological polar surface area (TPSA) is 46.3 Å². The van der Waals surface area contributed by atoms with Crippen LogP contribution in [0.3, 0.4) is 0 Å². The minimum Gasteiger partial charge on any atom is -0.268 e.